The summed E-state index contributed by atoms with van der Waals surface area (Å²) in [7, 11) is 0. The smallest absolute Gasteiger partial charge is 0.311 e. The van der Waals surface area contributed by atoms with E-state index in [2.05, 4.69) is 5.32 Å². The van der Waals surface area contributed by atoms with Crippen LogP contribution >= 0.6 is 0 Å². The van der Waals surface area contributed by atoms with Gasteiger partial charge in [-0.1, -0.05) is 24.3 Å². The summed E-state index contributed by atoms with van der Waals surface area (Å²) in [5, 5.41) is 2.72. The quantitative estimate of drug-likeness (QED) is 0.809. The number of hydrogen-bond donors (Lipinski definition) is 1. The highest BCUT2D eigenvalue weighted by Gasteiger charge is 2.36. The summed E-state index contributed by atoms with van der Waals surface area (Å²) in [6.07, 6.45) is 0.0885. The van der Waals surface area contributed by atoms with Gasteiger partial charge < -0.3 is 15.0 Å². The van der Waals surface area contributed by atoms with Crippen molar-refractivity contribution < 1.29 is 19.1 Å². The number of para-hydroxylation sites is 1. The van der Waals surface area contributed by atoms with Gasteiger partial charge in [0.25, 0.3) is 5.91 Å². The number of esters is 1. The van der Waals surface area contributed by atoms with E-state index in [9.17, 15) is 14.4 Å². The monoisotopic (exact) mass is 380 g/mol. The molecule has 2 aromatic carbocycles. The summed E-state index contributed by atoms with van der Waals surface area (Å²) in [6, 6.07) is 13.1. The van der Waals surface area contributed by atoms with Crippen LogP contribution in [0.2, 0.25) is 0 Å². The first kappa shape index (κ1) is 19.6. The zero-order valence-electron chi connectivity index (χ0n) is 16.3. The van der Waals surface area contributed by atoms with Gasteiger partial charge >= 0.3 is 5.97 Å². The maximum Gasteiger partial charge on any atom is 0.311 e. The van der Waals surface area contributed by atoms with Gasteiger partial charge in [-0.15, -0.1) is 0 Å². The molecule has 28 heavy (non-hydrogen) atoms. The number of amides is 2. The van der Waals surface area contributed by atoms with Gasteiger partial charge in [-0.2, -0.15) is 0 Å². The lowest BCUT2D eigenvalue weighted by Gasteiger charge is -2.18. The highest BCUT2D eigenvalue weighted by molar-refractivity contribution is 6.00. The SMILES string of the molecule is Cc1ccc(N2C[C@@H](C(=O)OCC(=O)Nc3ccccc3C)CC2=O)cc1C. The second kappa shape index (κ2) is 8.25. The lowest BCUT2D eigenvalue weighted by molar-refractivity contribution is -0.151. The molecule has 0 aliphatic carbocycles. The number of nitrogens with zero attached hydrogens (tertiary/aromatic N) is 1. The van der Waals surface area contributed by atoms with E-state index in [4.69, 9.17) is 4.74 Å². The summed E-state index contributed by atoms with van der Waals surface area (Å²) in [6.45, 7) is 5.76. The van der Waals surface area contributed by atoms with Crippen molar-refractivity contribution in [1.82, 2.24) is 0 Å². The van der Waals surface area contributed by atoms with Crippen molar-refractivity contribution >= 4 is 29.2 Å². The Hall–Kier alpha value is -3.15. The van der Waals surface area contributed by atoms with E-state index in [0.29, 0.717) is 5.69 Å². The maximum absolute atomic E-state index is 12.3. The molecule has 0 unspecified atom stereocenters. The molecule has 2 amide bonds. The van der Waals surface area contributed by atoms with Crippen molar-refractivity contribution in [3.05, 3.63) is 59.2 Å². The molecule has 6 heteroatoms. The molecule has 0 bridgehead atoms. The Bertz CT molecular complexity index is 923. The first-order valence-corrected chi connectivity index (χ1v) is 9.25. The van der Waals surface area contributed by atoms with Crippen LogP contribution < -0.4 is 10.2 Å². The van der Waals surface area contributed by atoms with Crippen LogP contribution in [0.5, 0.6) is 0 Å². The molecule has 0 spiro atoms. The molecule has 2 aromatic rings. The van der Waals surface area contributed by atoms with E-state index >= 15 is 0 Å². The van der Waals surface area contributed by atoms with Gasteiger partial charge in [0.15, 0.2) is 6.61 Å². The number of rotatable bonds is 5. The van der Waals surface area contributed by atoms with Crippen molar-refractivity contribution in [2.45, 2.75) is 27.2 Å². The Morgan fingerprint density at radius 3 is 2.54 bits per heavy atom. The standard InChI is InChI=1S/C22H24N2O4/c1-14-8-9-18(10-16(14)3)24-12-17(11-21(24)26)22(27)28-13-20(25)23-19-7-5-4-6-15(19)2/h4-10,17H,11-13H2,1-3H3,(H,23,25)/t17-/m0/s1. The van der Waals surface area contributed by atoms with Gasteiger partial charge in [0.05, 0.1) is 5.92 Å². The first-order chi connectivity index (χ1) is 13.3. The van der Waals surface area contributed by atoms with Crippen molar-refractivity contribution in [2.75, 3.05) is 23.4 Å². The molecule has 1 heterocycles. The Morgan fingerprint density at radius 1 is 1.07 bits per heavy atom. The van der Waals surface area contributed by atoms with E-state index in [-0.39, 0.29) is 25.5 Å². The predicted molar refractivity (Wildman–Crippen MR) is 107 cm³/mol. The van der Waals surface area contributed by atoms with Crippen LogP contribution in [0.4, 0.5) is 11.4 Å². The van der Waals surface area contributed by atoms with E-state index in [1.165, 1.54) is 0 Å². The molecule has 1 aliphatic heterocycles. The van der Waals surface area contributed by atoms with E-state index in [1.807, 2.05) is 57.2 Å². The molecule has 1 aliphatic rings. The topological polar surface area (TPSA) is 75.7 Å². The summed E-state index contributed by atoms with van der Waals surface area (Å²) in [4.78, 5) is 38.3. The Balaban J connectivity index is 1.55. The van der Waals surface area contributed by atoms with Gasteiger partial charge in [-0.25, -0.2) is 0 Å². The number of benzene rings is 2. The molecule has 6 nitrogen and oxygen atoms in total. The van der Waals surface area contributed by atoms with Crippen molar-refractivity contribution in [3.63, 3.8) is 0 Å². The fraction of sp³-hybridized carbons (Fsp3) is 0.318. The molecule has 146 valence electrons. The van der Waals surface area contributed by atoms with Crippen molar-refractivity contribution in [2.24, 2.45) is 5.92 Å². The average Bonchev–Trinajstić information content (AvgIpc) is 3.06. The zero-order valence-corrected chi connectivity index (χ0v) is 16.3. The van der Waals surface area contributed by atoms with Crippen LogP contribution in [0.25, 0.3) is 0 Å². The number of anilines is 2. The van der Waals surface area contributed by atoms with Gasteiger partial charge in [0.1, 0.15) is 0 Å². The zero-order chi connectivity index (χ0) is 20.3. The average molecular weight is 380 g/mol. The number of hydrogen-bond acceptors (Lipinski definition) is 4. The third-order valence-corrected chi connectivity index (χ3v) is 5.03. The molecule has 3 rings (SSSR count). The first-order valence-electron chi connectivity index (χ1n) is 9.25. The summed E-state index contributed by atoms with van der Waals surface area (Å²) < 4.78 is 5.15. The normalized spacial score (nSPS) is 16.2. The minimum atomic E-state index is -0.569. The van der Waals surface area contributed by atoms with E-state index in [0.717, 1.165) is 22.4 Å². The maximum atomic E-state index is 12.3. The second-order valence-electron chi connectivity index (χ2n) is 7.14. The lowest BCUT2D eigenvalue weighted by Crippen LogP contribution is -2.28. The van der Waals surface area contributed by atoms with Gasteiger partial charge in [0, 0.05) is 24.3 Å². The number of ether oxygens (including phenoxy) is 1. The minimum Gasteiger partial charge on any atom is -0.455 e. The van der Waals surface area contributed by atoms with E-state index in [1.54, 1.807) is 11.0 Å². The fourth-order valence-electron chi connectivity index (χ4n) is 3.16. The number of carbonyl (C=O) groups is 3. The van der Waals surface area contributed by atoms with Crippen LogP contribution in [0.1, 0.15) is 23.1 Å². The molecule has 1 saturated heterocycles. The Kier molecular flexibility index (Phi) is 5.78. The second-order valence-corrected chi connectivity index (χ2v) is 7.14. The van der Waals surface area contributed by atoms with Crippen LogP contribution in [-0.4, -0.2) is 30.9 Å². The summed E-state index contributed by atoms with van der Waals surface area (Å²) in [5.74, 6) is -1.62. The van der Waals surface area contributed by atoms with Crippen molar-refractivity contribution in [1.29, 1.82) is 0 Å². The number of carbonyl (C=O) groups excluding carboxylic acids is 3. The molecule has 1 N–H and O–H groups in total. The molecule has 0 saturated carbocycles. The van der Waals surface area contributed by atoms with E-state index < -0.39 is 17.8 Å². The van der Waals surface area contributed by atoms with Crippen LogP contribution in [0.3, 0.4) is 0 Å². The Labute approximate surface area is 164 Å². The summed E-state index contributed by atoms with van der Waals surface area (Å²) >= 11 is 0. The minimum absolute atomic E-state index is 0.0885. The van der Waals surface area contributed by atoms with Gasteiger partial charge in [0.2, 0.25) is 5.91 Å². The molecule has 0 radical (unpaired) electrons. The van der Waals surface area contributed by atoms with Crippen molar-refractivity contribution in [3.8, 4) is 0 Å². The molecule has 1 fully saturated rings. The molecular formula is C22H24N2O4. The highest BCUT2D eigenvalue weighted by Crippen LogP contribution is 2.27. The highest BCUT2D eigenvalue weighted by atomic mass is 16.5. The predicted octanol–water partition coefficient (Wildman–Crippen LogP) is 3.15. The van der Waals surface area contributed by atoms with Crippen LogP contribution in [0.15, 0.2) is 42.5 Å². The summed E-state index contributed by atoms with van der Waals surface area (Å²) in [5.41, 5.74) is 4.61. The van der Waals surface area contributed by atoms with Gasteiger partial charge in [-0.3, -0.25) is 14.4 Å². The fourth-order valence-corrected chi connectivity index (χ4v) is 3.16. The molecular weight excluding hydrogens is 356 g/mol. The van der Waals surface area contributed by atoms with Crippen LogP contribution in [0, 0.1) is 26.7 Å². The third-order valence-electron chi connectivity index (χ3n) is 5.03. The number of aryl methyl sites for hydroxylation is 3. The lowest BCUT2D eigenvalue weighted by atomic mass is 10.1. The number of nitrogens with one attached hydrogen (secondary N) is 1. The Morgan fingerprint density at radius 2 is 1.82 bits per heavy atom. The van der Waals surface area contributed by atoms with Crippen LogP contribution in [-0.2, 0) is 19.1 Å². The van der Waals surface area contributed by atoms with Gasteiger partial charge in [-0.05, 0) is 55.7 Å². The molecule has 1 atom stereocenters. The third kappa shape index (κ3) is 4.39. The largest absolute Gasteiger partial charge is 0.455 e. The molecule has 0 aromatic heterocycles.